The molecule has 2 N–H and O–H groups in total. The van der Waals surface area contributed by atoms with E-state index in [0.717, 1.165) is 26.1 Å². The third-order valence-electron chi connectivity index (χ3n) is 3.50. The molecule has 1 atom stereocenters. The van der Waals surface area contributed by atoms with Gasteiger partial charge in [-0.3, -0.25) is 4.79 Å². The molecule has 17 heavy (non-hydrogen) atoms. The highest BCUT2D eigenvalue weighted by atomic mass is 16.5. The van der Waals surface area contributed by atoms with Crippen LogP contribution in [-0.4, -0.2) is 38.8 Å². The van der Waals surface area contributed by atoms with Gasteiger partial charge in [0.05, 0.1) is 0 Å². The Hall–Kier alpha value is -0.610. The largest absolute Gasteiger partial charge is 0.385 e. The molecule has 1 aliphatic rings. The summed E-state index contributed by atoms with van der Waals surface area (Å²) in [6.07, 6.45) is 4.07. The Kier molecular flexibility index (Phi) is 5.92. The molecule has 1 aliphatic carbocycles. The summed E-state index contributed by atoms with van der Waals surface area (Å²) in [7, 11) is 1.73. The number of hydrogen-bond acceptors (Lipinski definition) is 3. The molecule has 1 rings (SSSR count). The molecule has 0 saturated heterocycles. The van der Waals surface area contributed by atoms with Gasteiger partial charge in [-0.1, -0.05) is 6.92 Å². The van der Waals surface area contributed by atoms with Crippen molar-refractivity contribution in [1.82, 2.24) is 10.6 Å². The van der Waals surface area contributed by atoms with E-state index in [9.17, 15) is 4.79 Å². The van der Waals surface area contributed by atoms with Gasteiger partial charge in [-0.15, -0.1) is 0 Å². The van der Waals surface area contributed by atoms with E-state index >= 15 is 0 Å². The zero-order valence-electron chi connectivity index (χ0n) is 11.3. The summed E-state index contributed by atoms with van der Waals surface area (Å²) < 4.78 is 5.10. The standard InChI is InChI=1S/C13H26N2O2/c1-4-14-11(2)9-12(16)15-10-13(5-6-13)7-8-17-3/h11,14H,4-10H2,1-3H3,(H,15,16). The summed E-state index contributed by atoms with van der Waals surface area (Å²) in [4.78, 5) is 11.7. The van der Waals surface area contributed by atoms with Gasteiger partial charge in [-0.2, -0.15) is 0 Å². The molecule has 1 amide bonds. The number of ether oxygens (including phenoxy) is 1. The molecule has 1 fully saturated rings. The van der Waals surface area contributed by atoms with Crippen LogP contribution in [0.5, 0.6) is 0 Å². The van der Waals surface area contributed by atoms with Crippen LogP contribution in [0.4, 0.5) is 0 Å². The number of carbonyl (C=O) groups excluding carboxylic acids is 1. The second-order valence-corrected chi connectivity index (χ2v) is 5.18. The fourth-order valence-electron chi connectivity index (χ4n) is 2.07. The van der Waals surface area contributed by atoms with Gasteiger partial charge in [0.2, 0.25) is 5.91 Å². The van der Waals surface area contributed by atoms with E-state index < -0.39 is 0 Å². The molecule has 0 heterocycles. The van der Waals surface area contributed by atoms with Crippen molar-refractivity contribution in [2.75, 3.05) is 26.8 Å². The molecule has 0 bridgehead atoms. The highest BCUT2D eigenvalue weighted by molar-refractivity contribution is 5.76. The summed E-state index contributed by atoms with van der Waals surface area (Å²) in [5, 5.41) is 6.29. The molecule has 0 aliphatic heterocycles. The molecule has 1 unspecified atom stereocenters. The SMILES string of the molecule is CCNC(C)CC(=O)NCC1(CCOC)CC1. The highest BCUT2D eigenvalue weighted by Crippen LogP contribution is 2.48. The van der Waals surface area contributed by atoms with Gasteiger partial charge < -0.3 is 15.4 Å². The Bertz CT molecular complexity index is 240. The Morgan fingerprint density at radius 2 is 2.18 bits per heavy atom. The van der Waals surface area contributed by atoms with Crippen LogP contribution in [0.1, 0.15) is 39.5 Å². The van der Waals surface area contributed by atoms with E-state index in [2.05, 4.69) is 17.6 Å². The lowest BCUT2D eigenvalue weighted by Crippen LogP contribution is -2.36. The average Bonchev–Trinajstić information content (AvgIpc) is 3.05. The average molecular weight is 242 g/mol. The molecule has 0 aromatic heterocycles. The zero-order chi connectivity index (χ0) is 12.7. The van der Waals surface area contributed by atoms with Gasteiger partial charge in [0, 0.05) is 32.7 Å². The molecule has 4 nitrogen and oxygen atoms in total. The zero-order valence-corrected chi connectivity index (χ0v) is 11.3. The number of methoxy groups -OCH3 is 1. The number of amides is 1. The van der Waals surface area contributed by atoms with E-state index in [4.69, 9.17) is 4.74 Å². The summed E-state index contributed by atoms with van der Waals surface area (Å²) >= 11 is 0. The van der Waals surface area contributed by atoms with E-state index in [1.807, 2.05) is 6.92 Å². The molecule has 1 saturated carbocycles. The Labute approximate surface area is 104 Å². The minimum Gasteiger partial charge on any atom is -0.385 e. The third-order valence-corrected chi connectivity index (χ3v) is 3.50. The first-order valence-electron chi connectivity index (χ1n) is 6.61. The van der Waals surface area contributed by atoms with Crippen molar-refractivity contribution >= 4 is 5.91 Å². The maximum Gasteiger partial charge on any atom is 0.221 e. The summed E-state index contributed by atoms with van der Waals surface area (Å²) in [5.74, 6) is 0.155. The van der Waals surface area contributed by atoms with E-state index in [1.165, 1.54) is 12.8 Å². The van der Waals surface area contributed by atoms with Crippen LogP contribution in [0.2, 0.25) is 0 Å². The van der Waals surface area contributed by atoms with Gasteiger partial charge in [-0.25, -0.2) is 0 Å². The van der Waals surface area contributed by atoms with Gasteiger partial charge >= 0.3 is 0 Å². The Balaban J connectivity index is 2.15. The number of hydrogen-bond donors (Lipinski definition) is 2. The lowest BCUT2D eigenvalue weighted by molar-refractivity contribution is -0.121. The van der Waals surface area contributed by atoms with Crippen molar-refractivity contribution in [3.63, 3.8) is 0 Å². The highest BCUT2D eigenvalue weighted by Gasteiger charge is 2.42. The quantitative estimate of drug-likeness (QED) is 0.641. The van der Waals surface area contributed by atoms with Crippen molar-refractivity contribution in [3.8, 4) is 0 Å². The molecule has 100 valence electrons. The monoisotopic (exact) mass is 242 g/mol. The lowest BCUT2D eigenvalue weighted by atomic mass is 10.0. The number of nitrogens with one attached hydrogen (secondary N) is 2. The molecule has 0 aromatic rings. The van der Waals surface area contributed by atoms with Gasteiger partial charge in [-0.05, 0) is 38.1 Å². The smallest absolute Gasteiger partial charge is 0.221 e. The first-order valence-corrected chi connectivity index (χ1v) is 6.61. The minimum atomic E-state index is 0.155. The van der Waals surface area contributed by atoms with E-state index in [-0.39, 0.29) is 11.9 Å². The van der Waals surface area contributed by atoms with Crippen molar-refractivity contribution in [1.29, 1.82) is 0 Å². The molecular weight excluding hydrogens is 216 g/mol. The number of rotatable bonds is 9. The fraction of sp³-hybridized carbons (Fsp3) is 0.923. The lowest BCUT2D eigenvalue weighted by Gasteiger charge is -2.17. The second kappa shape index (κ2) is 6.97. The van der Waals surface area contributed by atoms with Crippen LogP contribution in [0.15, 0.2) is 0 Å². The number of carbonyl (C=O) groups is 1. The van der Waals surface area contributed by atoms with Crippen molar-refractivity contribution in [3.05, 3.63) is 0 Å². The summed E-state index contributed by atoms with van der Waals surface area (Å²) in [5.41, 5.74) is 0.340. The molecule has 4 heteroatoms. The van der Waals surface area contributed by atoms with Crippen LogP contribution in [-0.2, 0) is 9.53 Å². The van der Waals surface area contributed by atoms with E-state index in [0.29, 0.717) is 11.8 Å². The van der Waals surface area contributed by atoms with Gasteiger partial charge in [0.15, 0.2) is 0 Å². The summed E-state index contributed by atoms with van der Waals surface area (Å²) in [6, 6.07) is 0.258. The maximum absolute atomic E-state index is 11.7. The van der Waals surface area contributed by atoms with E-state index in [1.54, 1.807) is 7.11 Å². The molecule has 0 spiro atoms. The predicted octanol–water partition coefficient (Wildman–Crippen LogP) is 1.31. The molecular formula is C13H26N2O2. The van der Waals surface area contributed by atoms with Crippen LogP contribution in [0.3, 0.4) is 0 Å². The first kappa shape index (κ1) is 14.5. The normalized spacial score (nSPS) is 18.8. The topological polar surface area (TPSA) is 50.4 Å². The first-order chi connectivity index (χ1) is 8.12. The summed E-state index contributed by atoms with van der Waals surface area (Å²) in [6.45, 7) is 6.61. The Morgan fingerprint density at radius 3 is 2.71 bits per heavy atom. The van der Waals surface area contributed by atoms with Crippen molar-refractivity contribution < 1.29 is 9.53 Å². The van der Waals surface area contributed by atoms with Crippen LogP contribution < -0.4 is 10.6 Å². The minimum absolute atomic E-state index is 0.155. The second-order valence-electron chi connectivity index (χ2n) is 5.18. The van der Waals surface area contributed by atoms with Crippen LogP contribution in [0.25, 0.3) is 0 Å². The van der Waals surface area contributed by atoms with Crippen LogP contribution in [0, 0.1) is 5.41 Å². The third kappa shape index (κ3) is 5.50. The fourth-order valence-corrected chi connectivity index (χ4v) is 2.07. The van der Waals surface area contributed by atoms with Crippen molar-refractivity contribution in [2.24, 2.45) is 5.41 Å². The van der Waals surface area contributed by atoms with Crippen molar-refractivity contribution in [2.45, 2.75) is 45.6 Å². The van der Waals surface area contributed by atoms with Gasteiger partial charge in [0.25, 0.3) is 0 Å². The molecule has 0 aromatic carbocycles. The molecule has 0 radical (unpaired) electrons. The maximum atomic E-state index is 11.7. The Morgan fingerprint density at radius 1 is 1.47 bits per heavy atom. The van der Waals surface area contributed by atoms with Crippen LogP contribution >= 0.6 is 0 Å². The van der Waals surface area contributed by atoms with Gasteiger partial charge in [0.1, 0.15) is 0 Å². The predicted molar refractivity (Wildman–Crippen MR) is 68.9 cm³/mol.